The number of benzene rings is 1. The van der Waals surface area contributed by atoms with Crippen LogP contribution in [0.25, 0.3) is 0 Å². The van der Waals surface area contributed by atoms with Gasteiger partial charge in [0.25, 0.3) is 0 Å². The molecule has 0 spiro atoms. The van der Waals surface area contributed by atoms with Gasteiger partial charge in [0.05, 0.1) is 0 Å². The Balaban J connectivity index is 2.32. The van der Waals surface area contributed by atoms with E-state index in [1.807, 2.05) is 23.1 Å². The van der Waals surface area contributed by atoms with Gasteiger partial charge >= 0.3 is 0 Å². The summed E-state index contributed by atoms with van der Waals surface area (Å²) in [6.45, 7) is 4.43. The first kappa shape index (κ1) is 11.4. The molecule has 1 aliphatic rings. The third kappa shape index (κ3) is 2.19. The molecule has 0 bridgehead atoms. The fraction of sp³-hybridized carbons (Fsp3) is 0.308. The van der Waals surface area contributed by atoms with Crippen LogP contribution in [0.3, 0.4) is 0 Å². The van der Waals surface area contributed by atoms with Crippen molar-refractivity contribution in [2.24, 2.45) is 0 Å². The van der Waals surface area contributed by atoms with Crippen LogP contribution in [0.5, 0.6) is 0 Å². The van der Waals surface area contributed by atoms with Gasteiger partial charge in [-0.05, 0) is 36.6 Å². The summed E-state index contributed by atoms with van der Waals surface area (Å²) < 4.78 is 1.07. The summed E-state index contributed by atoms with van der Waals surface area (Å²) in [7, 11) is 0. The molecule has 0 fully saturated rings. The monoisotopic (exact) mass is 279 g/mol. The molecule has 84 valence electrons. The average molecular weight is 280 g/mol. The van der Waals surface area contributed by atoms with Gasteiger partial charge in [0, 0.05) is 23.1 Å². The molecule has 0 aliphatic carbocycles. The van der Waals surface area contributed by atoms with Gasteiger partial charge in [0.1, 0.15) is 0 Å². The Hall–Kier alpha value is -1.09. The van der Waals surface area contributed by atoms with Gasteiger partial charge in [0.15, 0.2) is 0 Å². The molecule has 1 aromatic carbocycles. The zero-order chi connectivity index (χ0) is 11.5. The largest absolute Gasteiger partial charge is 0.312 e. The highest BCUT2D eigenvalue weighted by Gasteiger charge is 2.23. The predicted octanol–water partition coefficient (Wildman–Crippen LogP) is 3.30. The van der Waals surface area contributed by atoms with E-state index in [-0.39, 0.29) is 5.91 Å². The van der Waals surface area contributed by atoms with Crippen molar-refractivity contribution in [3.8, 4) is 0 Å². The number of carbonyl (C=O) groups is 1. The van der Waals surface area contributed by atoms with Crippen LogP contribution < -0.4 is 4.90 Å². The first-order valence-electron chi connectivity index (χ1n) is 5.42. The quantitative estimate of drug-likeness (QED) is 0.778. The van der Waals surface area contributed by atoms with Crippen molar-refractivity contribution in [1.29, 1.82) is 0 Å². The van der Waals surface area contributed by atoms with E-state index >= 15 is 0 Å². The lowest BCUT2D eigenvalue weighted by atomic mass is 10.0. The maximum absolute atomic E-state index is 11.8. The van der Waals surface area contributed by atoms with E-state index in [1.165, 1.54) is 5.56 Å². The van der Waals surface area contributed by atoms with E-state index in [9.17, 15) is 4.79 Å². The number of aryl methyl sites for hydroxylation is 1. The summed E-state index contributed by atoms with van der Waals surface area (Å²) in [5.41, 5.74) is 2.30. The summed E-state index contributed by atoms with van der Waals surface area (Å²) in [4.78, 5) is 13.7. The highest BCUT2D eigenvalue weighted by Crippen LogP contribution is 2.30. The summed E-state index contributed by atoms with van der Waals surface area (Å²) in [5.74, 6) is 0.219. The molecule has 3 heteroatoms. The van der Waals surface area contributed by atoms with Gasteiger partial charge in [-0.1, -0.05) is 22.0 Å². The van der Waals surface area contributed by atoms with Crippen LogP contribution in [0.1, 0.15) is 18.4 Å². The van der Waals surface area contributed by atoms with Crippen LogP contribution in [-0.2, 0) is 11.2 Å². The van der Waals surface area contributed by atoms with Crippen molar-refractivity contribution in [2.75, 3.05) is 11.4 Å². The average Bonchev–Trinajstić information content (AvgIpc) is 2.28. The molecule has 0 atom stereocenters. The zero-order valence-corrected chi connectivity index (χ0v) is 10.7. The van der Waals surface area contributed by atoms with Gasteiger partial charge in [-0.2, -0.15) is 0 Å². The smallest absolute Gasteiger partial charge is 0.227 e. The lowest BCUT2D eigenvalue weighted by molar-refractivity contribution is -0.118. The molecule has 0 unspecified atom stereocenters. The van der Waals surface area contributed by atoms with Crippen molar-refractivity contribution < 1.29 is 4.79 Å². The zero-order valence-electron chi connectivity index (χ0n) is 9.08. The van der Waals surface area contributed by atoms with Crippen LogP contribution in [0.15, 0.2) is 35.3 Å². The molecular weight excluding hydrogens is 266 g/mol. The first-order valence-corrected chi connectivity index (χ1v) is 6.21. The van der Waals surface area contributed by atoms with Gasteiger partial charge in [-0.25, -0.2) is 0 Å². The van der Waals surface area contributed by atoms with Crippen LogP contribution in [0.4, 0.5) is 5.69 Å². The van der Waals surface area contributed by atoms with E-state index in [4.69, 9.17) is 0 Å². The molecule has 2 rings (SSSR count). The molecular formula is C13H14BrNO. The molecule has 2 nitrogen and oxygen atoms in total. The Kier molecular flexibility index (Phi) is 3.44. The Morgan fingerprint density at radius 2 is 2.25 bits per heavy atom. The van der Waals surface area contributed by atoms with Crippen molar-refractivity contribution >= 4 is 27.5 Å². The predicted molar refractivity (Wildman–Crippen MR) is 69.6 cm³/mol. The summed E-state index contributed by atoms with van der Waals surface area (Å²) in [6, 6.07) is 6.10. The first-order chi connectivity index (χ1) is 7.72. The number of anilines is 1. The number of nitrogens with zero attached hydrogens (tertiary/aromatic N) is 1. The molecule has 0 saturated carbocycles. The molecule has 16 heavy (non-hydrogen) atoms. The highest BCUT2D eigenvalue weighted by atomic mass is 79.9. The third-order valence-electron chi connectivity index (χ3n) is 2.80. The Morgan fingerprint density at radius 3 is 3.00 bits per heavy atom. The molecule has 0 N–H and O–H groups in total. The lowest BCUT2D eigenvalue weighted by Gasteiger charge is -2.29. The molecule has 1 aliphatic heterocycles. The summed E-state index contributed by atoms with van der Waals surface area (Å²) in [5, 5.41) is 0. The highest BCUT2D eigenvalue weighted by molar-refractivity contribution is 9.10. The topological polar surface area (TPSA) is 20.3 Å². The molecule has 1 amide bonds. The van der Waals surface area contributed by atoms with Crippen LogP contribution in [0.2, 0.25) is 0 Å². The standard InChI is InChI=1S/C13H14BrNO/c1-2-3-8-15-12-6-5-11(14)9-10(12)4-7-13(15)16/h2,5-6,9H,1,3-4,7-8H2. The second-order valence-corrected chi connectivity index (χ2v) is 4.81. The molecule has 0 radical (unpaired) electrons. The normalized spacial score (nSPS) is 14.8. The minimum atomic E-state index is 0.219. The fourth-order valence-electron chi connectivity index (χ4n) is 1.99. The number of fused-ring (bicyclic) bond motifs is 1. The minimum absolute atomic E-state index is 0.219. The van der Waals surface area contributed by atoms with E-state index in [2.05, 4.69) is 28.6 Å². The van der Waals surface area contributed by atoms with Crippen LogP contribution >= 0.6 is 15.9 Å². The number of amides is 1. The number of hydrogen-bond donors (Lipinski definition) is 0. The van der Waals surface area contributed by atoms with E-state index in [1.54, 1.807) is 0 Å². The van der Waals surface area contributed by atoms with Crippen LogP contribution in [0, 0.1) is 0 Å². The van der Waals surface area contributed by atoms with Crippen molar-refractivity contribution in [1.82, 2.24) is 0 Å². The number of halogens is 1. The van der Waals surface area contributed by atoms with Gasteiger partial charge in [-0.3, -0.25) is 4.79 Å². The van der Waals surface area contributed by atoms with Crippen LogP contribution in [-0.4, -0.2) is 12.5 Å². The SMILES string of the molecule is C=CCCN1C(=O)CCc2cc(Br)ccc21. The van der Waals surface area contributed by atoms with Gasteiger partial charge < -0.3 is 4.90 Å². The third-order valence-corrected chi connectivity index (χ3v) is 3.29. The number of rotatable bonds is 3. The molecule has 0 aromatic heterocycles. The fourth-order valence-corrected chi connectivity index (χ4v) is 2.40. The van der Waals surface area contributed by atoms with Gasteiger partial charge in [-0.15, -0.1) is 6.58 Å². The lowest BCUT2D eigenvalue weighted by Crippen LogP contribution is -2.35. The Bertz CT molecular complexity index is 428. The summed E-state index contributed by atoms with van der Waals surface area (Å²) >= 11 is 3.46. The van der Waals surface area contributed by atoms with E-state index in [0.717, 1.165) is 29.5 Å². The van der Waals surface area contributed by atoms with Crippen molar-refractivity contribution in [3.63, 3.8) is 0 Å². The summed E-state index contributed by atoms with van der Waals surface area (Å²) in [6.07, 6.45) is 4.14. The van der Waals surface area contributed by atoms with E-state index < -0.39 is 0 Å². The number of carbonyl (C=O) groups excluding carboxylic acids is 1. The van der Waals surface area contributed by atoms with Crippen molar-refractivity contribution in [3.05, 3.63) is 40.9 Å². The Labute approximate surface area is 104 Å². The minimum Gasteiger partial charge on any atom is -0.312 e. The maximum atomic E-state index is 11.8. The molecule has 1 aromatic rings. The molecule has 0 saturated heterocycles. The molecule has 1 heterocycles. The maximum Gasteiger partial charge on any atom is 0.227 e. The van der Waals surface area contributed by atoms with Gasteiger partial charge in [0.2, 0.25) is 5.91 Å². The second-order valence-electron chi connectivity index (χ2n) is 3.90. The Morgan fingerprint density at radius 1 is 1.44 bits per heavy atom. The second kappa shape index (κ2) is 4.83. The van der Waals surface area contributed by atoms with E-state index in [0.29, 0.717) is 6.42 Å². The number of hydrogen-bond acceptors (Lipinski definition) is 1. The van der Waals surface area contributed by atoms with Crippen molar-refractivity contribution in [2.45, 2.75) is 19.3 Å².